The maximum atomic E-state index is 11.3. The molecule has 0 bridgehead atoms. The van der Waals surface area contributed by atoms with Gasteiger partial charge in [-0.2, -0.15) is 0 Å². The number of carbonyl (C=O) groups is 1. The summed E-state index contributed by atoms with van der Waals surface area (Å²) in [5.74, 6) is -1.27. The van der Waals surface area contributed by atoms with Crippen molar-refractivity contribution in [2.75, 3.05) is 19.8 Å². The molecule has 2 rings (SSSR count). The highest BCUT2D eigenvalue weighted by atomic mass is 79.9. The van der Waals surface area contributed by atoms with E-state index in [2.05, 4.69) is 20.8 Å². The minimum absolute atomic E-state index is 0.104. The molecule has 4 nitrogen and oxygen atoms in total. The Morgan fingerprint density at radius 1 is 1.55 bits per heavy atom. The molecular weight excluding hydrogens is 346 g/mol. The van der Waals surface area contributed by atoms with Gasteiger partial charge in [-0.25, -0.2) is 0 Å². The molecule has 2 unspecified atom stereocenters. The standard InChI is InChI=1S/C14H17BrClNO3/c1-2-17(13-8-20-7-11(13)14(18)19)6-9-5-10(15)3-4-12(9)16/h3-5,11,13H,2,6-8H2,1H3,(H,18,19). The maximum absolute atomic E-state index is 11.3. The molecule has 0 amide bonds. The third kappa shape index (κ3) is 3.52. The fourth-order valence-electron chi connectivity index (χ4n) is 2.49. The van der Waals surface area contributed by atoms with E-state index >= 15 is 0 Å². The quantitative estimate of drug-likeness (QED) is 0.875. The Kier molecular flexibility index (Phi) is 5.43. The molecule has 1 N–H and O–H groups in total. The molecule has 0 aliphatic carbocycles. The summed E-state index contributed by atoms with van der Waals surface area (Å²) in [7, 11) is 0. The number of carboxylic acids is 1. The molecule has 110 valence electrons. The Labute approximate surface area is 131 Å². The number of carboxylic acid groups (broad SMARTS) is 1. The number of hydrogen-bond acceptors (Lipinski definition) is 3. The summed E-state index contributed by atoms with van der Waals surface area (Å²) in [5.41, 5.74) is 0.985. The summed E-state index contributed by atoms with van der Waals surface area (Å²) < 4.78 is 6.30. The summed E-state index contributed by atoms with van der Waals surface area (Å²) in [4.78, 5) is 13.4. The van der Waals surface area contributed by atoms with Crippen LogP contribution in [-0.2, 0) is 16.1 Å². The number of rotatable bonds is 5. The lowest BCUT2D eigenvalue weighted by atomic mass is 10.0. The van der Waals surface area contributed by atoms with Crippen LogP contribution in [0.5, 0.6) is 0 Å². The molecule has 1 aromatic rings. The van der Waals surface area contributed by atoms with Crippen molar-refractivity contribution in [1.29, 1.82) is 0 Å². The minimum atomic E-state index is -0.800. The predicted molar refractivity (Wildman–Crippen MR) is 81.0 cm³/mol. The number of nitrogens with zero attached hydrogens (tertiary/aromatic N) is 1. The Morgan fingerprint density at radius 2 is 2.30 bits per heavy atom. The third-order valence-electron chi connectivity index (χ3n) is 3.62. The second kappa shape index (κ2) is 6.89. The molecule has 2 atom stereocenters. The van der Waals surface area contributed by atoms with Gasteiger partial charge in [0.2, 0.25) is 0 Å². The second-order valence-electron chi connectivity index (χ2n) is 4.85. The van der Waals surface area contributed by atoms with Crippen molar-refractivity contribution in [3.63, 3.8) is 0 Å². The van der Waals surface area contributed by atoms with Gasteiger partial charge in [0.1, 0.15) is 0 Å². The van der Waals surface area contributed by atoms with Crippen molar-refractivity contribution < 1.29 is 14.6 Å². The van der Waals surface area contributed by atoms with Gasteiger partial charge in [-0.05, 0) is 30.3 Å². The Balaban J connectivity index is 2.16. The fraction of sp³-hybridized carbons (Fsp3) is 0.500. The van der Waals surface area contributed by atoms with Crippen LogP contribution in [0, 0.1) is 5.92 Å². The number of aliphatic carboxylic acids is 1. The molecule has 1 aromatic carbocycles. The summed E-state index contributed by atoms with van der Waals surface area (Å²) in [5, 5.41) is 9.94. The minimum Gasteiger partial charge on any atom is -0.481 e. The average Bonchev–Trinajstić information content (AvgIpc) is 2.89. The molecular formula is C14H17BrClNO3. The van der Waals surface area contributed by atoms with Gasteiger partial charge in [-0.3, -0.25) is 9.69 Å². The molecule has 1 heterocycles. The molecule has 1 aliphatic heterocycles. The van der Waals surface area contributed by atoms with E-state index < -0.39 is 11.9 Å². The van der Waals surface area contributed by atoms with Crippen molar-refractivity contribution >= 4 is 33.5 Å². The van der Waals surface area contributed by atoms with Crippen LogP contribution in [0.1, 0.15) is 12.5 Å². The third-order valence-corrected chi connectivity index (χ3v) is 4.49. The lowest BCUT2D eigenvalue weighted by Gasteiger charge is -2.29. The van der Waals surface area contributed by atoms with Crippen LogP contribution in [-0.4, -0.2) is 41.8 Å². The summed E-state index contributed by atoms with van der Waals surface area (Å²) in [6.45, 7) is 4.12. The van der Waals surface area contributed by atoms with Crippen LogP contribution in [0.4, 0.5) is 0 Å². The number of ether oxygens (including phenoxy) is 1. The van der Waals surface area contributed by atoms with E-state index in [1.54, 1.807) is 0 Å². The predicted octanol–water partition coefficient (Wildman–Crippen LogP) is 3.02. The zero-order valence-corrected chi connectivity index (χ0v) is 13.5. The van der Waals surface area contributed by atoms with Crippen molar-refractivity contribution in [3.8, 4) is 0 Å². The SMILES string of the molecule is CCN(Cc1cc(Br)ccc1Cl)C1COCC1C(=O)O. The van der Waals surface area contributed by atoms with Gasteiger partial charge in [0.15, 0.2) is 0 Å². The highest BCUT2D eigenvalue weighted by molar-refractivity contribution is 9.10. The lowest BCUT2D eigenvalue weighted by Crippen LogP contribution is -2.42. The van der Waals surface area contributed by atoms with Crippen LogP contribution in [0.3, 0.4) is 0 Å². The smallest absolute Gasteiger partial charge is 0.310 e. The Morgan fingerprint density at radius 3 is 2.95 bits per heavy atom. The molecule has 0 aromatic heterocycles. The van der Waals surface area contributed by atoms with Gasteiger partial charge in [0, 0.05) is 22.1 Å². The molecule has 0 saturated carbocycles. The summed E-state index contributed by atoms with van der Waals surface area (Å²) in [6.07, 6.45) is 0. The molecule has 20 heavy (non-hydrogen) atoms. The number of hydrogen-bond donors (Lipinski definition) is 1. The highest BCUT2D eigenvalue weighted by Crippen LogP contribution is 2.26. The van der Waals surface area contributed by atoms with Crippen LogP contribution >= 0.6 is 27.5 Å². The number of halogens is 2. The Bertz CT molecular complexity index is 497. The molecule has 6 heteroatoms. The van der Waals surface area contributed by atoms with E-state index in [4.69, 9.17) is 16.3 Å². The van der Waals surface area contributed by atoms with E-state index in [0.717, 1.165) is 16.6 Å². The molecule has 0 spiro atoms. The van der Waals surface area contributed by atoms with E-state index in [1.165, 1.54) is 0 Å². The zero-order valence-electron chi connectivity index (χ0n) is 11.2. The van der Waals surface area contributed by atoms with Gasteiger partial charge in [-0.1, -0.05) is 34.5 Å². The van der Waals surface area contributed by atoms with Gasteiger partial charge in [0.05, 0.1) is 19.1 Å². The average molecular weight is 363 g/mol. The highest BCUT2D eigenvalue weighted by Gasteiger charge is 2.37. The van der Waals surface area contributed by atoms with Crippen LogP contribution in [0.25, 0.3) is 0 Å². The first-order chi connectivity index (χ1) is 9.52. The molecule has 0 radical (unpaired) electrons. The summed E-state index contributed by atoms with van der Waals surface area (Å²) in [6, 6.07) is 5.60. The molecule has 1 saturated heterocycles. The van der Waals surface area contributed by atoms with Crippen molar-refractivity contribution in [3.05, 3.63) is 33.3 Å². The van der Waals surface area contributed by atoms with Gasteiger partial charge >= 0.3 is 5.97 Å². The Hall–Kier alpha value is -0.620. The van der Waals surface area contributed by atoms with E-state index in [0.29, 0.717) is 18.2 Å². The van der Waals surface area contributed by atoms with Crippen LogP contribution < -0.4 is 0 Å². The summed E-state index contributed by atoms with van der Waals surface area (Å²) >= 11 is 9.64. The zero-order chi connectivity index (χ0) is 14.7. The monoisotopic (exact) mass is 361 g/mol. The number of benzene rings is 1. The van der Waals surface area contributed by atoms with E-state index in [-0.39, 0.29) is 12.6 Å². The van der Waals surface area contributed by atoms with Gasteiger partial charge in [0.25, 0.3) is 0 Å². The molecule has 1 aliphatic rings. The first-order valence-electron chi connectivity index (χ1n) is 6.51. The van der Waals surface area contributed by atoms with Crippen molar-refractivity contribution in [2.45, 2.75) is 19.5 Å². The number of likely N-dealkylation sites (N-methyl/N-ethyl adjacent to an activating group) is 1. The first-order valence-corrected chi connectivity index (χ1v) is 7.68. The lowest BCUT2D eigenvalue weighted by molar-refractivity contribution is -0.143. The van der Waals surface area contributed by atoms with Crippen LogP contribution in [0.15, 0.2) is 22.7 Å². The van der Waals surface area contributed by atoms with Crippen LogP contribution in [0.2, 0.25) is 5.02 Å². The maximum Gasteiger partial charge on any atom is 0.310 e. The van der Waals surface area contributed by atoms with Crippen molar-refractivity contribution in [2.24, 2.45) is 5.92 Å². The van der Waals surface area contributed by atoms with Gasteiger partial charge < -0.3 is 9.84 Å². The second-order valence-corrected chi connectivity index (χ2v) is 6.17. The first kappa shape index (κ1) is 15.8. The molecule has 1 fully saturated rings. The van der Waals surface area contributed by atoms with Gasteiger partial charge in [-0.15, -0.1) is 0 Å². The fourth-order valence-corrected chi connectivity index (χ4v) is 3.07. The van der Waals surface area contributed by atoms with Crippen molar-refractivity contribution in [1.82, 2.24) is 4.90 Å². The normalized spacial score (nSPS) is 22.4. The van der Waals surface area contributed by atoms with E-state index in [1.807, 2.05) is 25.1 Å². The van der Waals surface area contributed by atoms with E-state index in [9.17, 15) is 9.90 Å². The largest absolute Gasteiger partial charge is 0.481 e. The topological polar surface area (TPSA) is 49.8 Å².